The van der Waals surface area contributed by atoms with Gasteiger partial charge in [-0.1, -0.05) is 24.3 Å². The molecule has 1 saturated heterocycles. The first-order valence-corrected chi connectivity index (χ1v) is 7.94. The summed E-state index contributed by atoms with van der Waals surface area (Å²) < 4.78 is 11.2. The zero-order chi connectivity index (χ0) is 14.2. The summed E-state index contributed by atoms with van der Waals surface area (Å²) in [5.74, 6) is 0.608. The van der Waals surface area contributed by atoms with E-state index < -0.39 is 0 Å². The standard InChI is InChI=1S/C16H20O3S/c1-2-11-20-15-10-6-9-14(19-15)12-18-16(17)13-7-4-3-5-8-13/h2-5,7-8,14-15H,1,6,9-12H2. The first-order chi connectivity index (χ1) is 9.79. The van der Waals surface area contributed by atoms with Crippen molar-refractivity contribution < 1.29 is 14.3 Å². The molecule has 1 aliphatic heterocycles. The van der Waals surface area contributed by atoms with Crippen LogP contribution in [0, 0.1) is 0 Å². The minimum Gasteiger partial charge on any atom is -0.459 e. The molecule has 1 aromatic carbocycles. The van der Waals surface area contributed by atoms with Crippen LogP contribution in [0.4, 0.5) is 0 Å². The van der Waals surface area contributed by atoms with Crippen molar-refractivity contribution in [2.45, 2.75) is 30.8 Å². The summed E-state index contributed by atoms with van der Waals surface area (Å²) in [5.41, 5.74) is 0.781. The van der Waals surface area contributed by atoms with Gasteiger partial charge in [0.05, 0.1) is 11.7 Å². The second-order valence-corrected chi connectivity index (χ2v) is 5.90. The fraction of sp³-hybridized carbons (Fsp3) is 0.438. The Balaban J connectivity index is 1.76. The Kier molecular flexibility index (Phi) is 6.15. The van der Waals surface area contributed by atoms with Crippen LogP contribution in [-0.2, 0) is 9.47 Å². The van der Waals surface area contributed by atoms with Gasteiger partial charge in [0.15, 0.2) is 0 Å². The molecule has 0 saturated carbocycles. The molecule has 0 spiro atoms. The number of hydrogen-bond donors (Lipinski definition) is 0. The van der Waals surface area contributed by atoms with Crippen molar-refractivity contribution in [3.63, 3.8) is 0 Å². The van der Waals surface area contributed by atoms with Crippen LogP contribution in [0.3, 0.4) is 0 Å². The van der Waals surface area contributed by atoms with Crippen LogP contribution in [0.5, 0.6) is 0 Å². The third-order valence-electron chi connectivity index (χ3n) is 3.12. The zero-order valence-electron chi connectivity index (χ0n) is 11.5. The minimum atomic E-state index is -0.282. The number of carbonyl (C=O) groups is 1. The van der Waals surface area contributed by atoms with Gasteiger partial charge in [0.2, 0.25) is 0 Å². The van der Waals surface area contributed by atoms with Crippen LogP contribution in [0.1, 0.15) is 29.6 Å². The fourth-order valence-electron chi connectivity index (χ4n) is 2.11. The Morgan fingerprint density at radius 1 is 1.40 bits per heavy atom. The molecule has 4 heteroatoms. The fourth-order valence-corrected chi connectivity index (χ4v) is 3.03. The molecule has 0 amide bonds. The van der Waals surface area contributed by atoms with E-state index in [0.717, 1.165) is 25.0 Å². The highest BCUT2D eigenvalue weighted by Crippen LogP contribution is 2.27. The summed E-state index contributed by atoms with van der Waals surface area (Å²) in [7, 11) is 0. The van der Waals surface area contributed by atoms with Gasteiger partial charge in [0.1, 0.15) is 12.0 Å². The summed E-state index contributed by atoms with van der Waals surface area (Å²) in [6, 6.07) is 9.05. The molecule has 0 radical (unpaired) electrons. The highest BCUT2D eigenvalue weighted by molar-refractivity contribution is 7.99. The van der Waals surface area contributed by atoms with Crippen molar-refractivity contribution in [1.29, 1.82) is 0 Å². The monoisotopic (exact) mass is 292 g/mol. The van der Waals surface area contributed by atoms with Crippen LogP contribution in [0.25, 0.3) is 0 Å². The van der Waals surface area contributed by atoms with Crippen LogP contribution in [-0.4, -0.2) is 29.9 Å². The lowest BCUT2D eigenvalue weighted by molar-refractivity contribution is -0.0429. The minimum absolute atomic E-state index is 0.0127. The van der Waals surface area contributed by atoms with Gasteiger partial charge in [-0.2, -0.15) is 0 Å². The molecule has 2 rings (SSSR count). The van der Waals surface area contributed by atoms with E-state index in [2.05, 4.69) is 6.58 Å². The van der Waals surface area contributed by atoms with E-state index in [1.165, 1.54) is 0 Å². The third-order valence-corrected chi connectivity index (χ3v) is 4.27. The number of ether oxygens (including phenoxy) is 2. The normalized spacial score (nSPS) is 22.2. The van der Waals surface area contributed by atoms with Crippen molar-refractivity contribution in [2.75, 3.05) is 12.4 Å². The third kappa shape index (κ3) is 4.69. The van der Waals surface area contributed by atoms with Gasteiger partial charge in [-0.3, -0.25) is 0 Å². The zero-order valence-corrected chi connectivity index (χ0v) is 12.3. The topological polar surface area (TPSA) is 35.5 Å². The molecule has 0 bridgehead atoms. The van der Waals surface area contributed by atoms with Gasteiger partial charge in [0.25, 0.3) is 0 Å². The highest BCUT2D eigenvalue weighted by atomic mass is 32.2. The Hall–Kier alpha value is -1.26. The molecule has 0 aromatic heterocycles. The average Bonchev–Trinajstić information content (AvgIpc) is 2.52. The second-order valence-electron chi connectivity index (χ2n) is 4.71. The van der Waals surface area contributed by atoms with Crippen molar-refractivity contribution in [2.24, 2.45) is 0 Å². The SMILES string of the molecule is C=CCSC1CCCC(COC(=O)c2ccccc2)O1. The van der Waals surface area contributed by atoms with Gasteiger partial charge in [-0.15, -0.1) is 18.3 Å². The molecule has 2 atom stereocenters. The van der Waals surface area contributed by atoms with Crippen LogP contribution in [0.15, 0.2) is 43.0 Å². The molecule has 3 nitrogen and oxygen atoms in total. The predicted molar refractivity (Wildman–Crippen MR) is 81.9 cm³/mol. The molecule has 20 heavy (non-hydrogen) atoms. The van der Waals surface area contributed by atoms with E-state index >= 15 is 0 Å². The Morgan fingerprint density at radius 2 is 2.20 bits per heavy atom. The smallest absolute Gasteiger partial charge is 0.338 e. The lowest BCUT2D eigenvalue weighted by atomic mass is 10.1. The van der Waals surface area contributed by atoms with Crippen molar-refractivity contribution in [3.8, 4) is 0 Å². The number of thioether (sulfide) groups is 1. The quantitative estimate of drug-likeness (QED) is 0.592. The summed E-state index contributed by atoms with van der Waals surface area (Å²) in [6.07, 6.45) is 5.02. The molecule has 0 N–H and O–H groups in total. The highest BCUT2D eigenvalue weighted by Gasteiger charge is 2.23. The molecule has 108 valence electrons. The molecular formula is C16H20O3S. The van der Waals surface area contributed by atoms with E-state index in [4.69, 9.17) is 9.47 Å². The van der Waals surface area contributed by atoms with Gasteiger partial charge in [-0.05, 0) is 31.4 Å². The molecule has 2 unspecified atom stereocenters. The number of carbonyl (C=O) groups excluding carboxylic acids is 1. The molecule has 1 aromatic rings. The van der Waals surface area contributed by atoms with Gasteiger partial charge in [0, 0.05) is 5.75 Å². The summed E-state index contributed by atoms with van der Waals surface area (Å²) in [6.45, 7) is 4.04. The maximum atomic E-state index is 11.8. The van der Waals surface area contributed by atoms with Crippen molar-refractivity contribution >= 4 is 17.7 Å². The van der Waals surface area contributed by atoms with Gasteiger partial charge < -0.3 is 9.47 Å². The molecule has 0 aliphatic carbocycles. The van der Waals surface area contributed by atoms with Crippen LogP contribution >= 0.6 is 11.8 Å². The lowest BCUT2D eigenvalue weighted by Gasteiger charge is -2.29. The average molecular weight is 292 g/mol. The maximum absolute atomic E-state index is 11.8. The van der Waals surface area contributed by atoms with Crippen LogP contribution in [0.2, 0.25) is 0 Å². The van der Waals surface area contributed by atoms with E-state index in [1.807, 2.05) is 24.3 Å². The van der Waals surface area contributed by atoms with E-state index in [0.29, 0.717) is 12.2 Å². The van der Waals surface area contributed by atoms with Crippen molar-refractivity contribution in [3.05, 3.63) is 48.6 Å². The Labute approximate surface area is 124 Å². The maximum Gasteiger partial charge on any atom is 0.338 e. The summed E-state index contributed by atoms with van der Waals surface area (Å²) in [5, 5.41) is 0. The van der Waals surface area contributed by atoms with Gasteiger partial charge >= 0.3 is 5.97 Å². The van der Waals surface area contributed by atoms with E-state index in [1.54, 1.807) is 23.9 Å². The molecule has 1 fully saturated rings. The predicted octanol–water partition coefficient (Wildman–Crippen LogP) is 3.66. The second kappa shape index (κ2) is 8.12. The Morgan fingerprint density at radius 3 is 2.95 bits per heavy atom. The van der Waals surface area contributed by atoms with E-state index in [9.17, 15) is 4.79 Å². The first kappa shape index (κ1) is 15.1. The van der Waals surface area contributed by atoms with Crippen LogP contribution < -0.4 is 0 Å². The Bertz CT molecular complexity index is 433. The van der Waals surface area contributed by atoms with Crippen molar-refractivity contribution in [1.82, 2.24) is 0 Å². The number of hydrogen-bond acceptors (Lipinski definition) is 4. The molecule has 1 heterocycles. The lowest BCUT2D eigenvalue weighted by Crippen LogP contribution is -2.30. The summed E-state index contributed by atoms with van der Waals surface area (Å²) in [4.78, 5) is 11.8. The number of benzene rings is 1. The largest absolute Gasteiger partial charge is 0.459 e. The van der Waals surface area contributed by atoms with Gasteiger partial charge in [-0.25, -0.2) is 4.79 Å². The first-order valence-electron chi connectivity index (χ1n) is 6.89. The molecular weight excluding hydrogens is 272 g/mol. The number of esters is 1. The number of rotatable bonds is 6. The van der Waals surface area contributed by atoms with E-state index in [-0.39, 0.29) is 17.5 Å². The molecule has 1 aliphatic rings. The summed E-state index contributed by atoms with van der Waals surface area (Å²) >= 11 is 1.75.